The molecule has 0 aliphatic rings. The fraction of sp³-hybridized carbons (Fsp3) is 0. The van der Waals surface area contributed by atoms with Gasteiger partial charge >= 0.3 is 0 Å². The van der Waals surface area contributed by atoms with Crippen LogP contribution in [-0.2, 0) is 0 Å². The van der Waals surface area contributed by atoms with Crippen molar-refractivity contribution in [2.24, 2.45) is 0 Å². The Morgan fingerprint density at radius 1 is 0.388 bits per heavy atom. The van der Waals surface area contributed by atoms with E-state index in [9.17, 15) is 0 Å². The molecule has 3 heteroatoms. The van der Waals surface area contributed by atoms with Crippen molar-refractivity contribution in [3.05, 3.63) is 182 Å². The largest absolute Gasteiger partial charge is 0.456 e. The van der Waals surface area contributed by atoms with Gasteiger partial charge in [0.05, 0.1) is 11.0 Å². The third kappa shape index (κ3) is 4.44. The summed E-state index contributed by atoms with van der Waals surface area (Å²) in [4.78, 5) is 2.36. The van der Waals surface area contributed by atoms with E-state index >= 15 is 0 Å². The van der Waals surface area contributed by atoms with Crippen LogP contribution in [0.1, 0.15) is 0 Å². The maximum absolute atomic E-state index is 6.23. The van der Waals surface area contributed by atoms with E-state index in [-0.39, 0.29) is 0 Å². The number of nitrogens with zero attached hydrogens (tertiary/aromatic N) is 2. The van der Waals surface area contributed by atoms with Crippen molar-refractivity contribution in [1.29, 1.82) is 0 Å². The third-order valence-electron chi connectivity index (χ3n) is 9.77. The van der Waals surface area contributed by atoms with E-state index in [1.54, 1.807) is 0 Å². The van der Waals surface area contributed by atoms with E-state index in [2.05, 4.69) is 179 Å². The Morgan fingerprint density at radius 2 is 1.00 bits per heavy atom. The number of hydrogen-bond acceptors (Lipinski definition) is 2. The highest BCUT2D eigenvalue weighted by Gasteiger charge is 2.19. The summed E-state index contributed by atoms with van der Waals surface area (Å²) in [7, 11) is 0. The van der Waals surface area contributed by atoms with Gasteiger partial charge in [0.25, 0.3) is 0 Å². The van der Waals surface area contributed by atoms with Gasteiger partial charge in [-0.15, -0.1) is 0 Å². The fourth-order valence-electron chi connectivity index (χ4n) is 7.52. The molecule has 49 heavy (non-hydrogen) atoms. The number of rotatable bonds is 5. The van der Waals surface area contributed by atoms with Crippen LogP contribution in [0.15, 0.2) is 186 Å². The van der Waals surface area contributed by atoms with Gasteiger partial charge in [0.1, 0.15) is 11.2 Å². The Hall–Kier alpha value is -6.58. The second-order valence-electron chi connectivity index (χ2n) is 12.6. The Labute approximate surface area is 283 Å². The van der Waals surface area contributed by atoms with Gasteiger partial charge in [-0.05, 0) is 94.7 Å². The molecule has 0 atom stereocenters. The molecule has 230 valence electrons. The van der Waals surface area contributed by atoms with Crippen molar-refractivity contribution < 1.29 is 4.42 Å². The zero-order chi connectivity index (χ0) is 32.3. The number of furan rings is 1. The van der Waals surface area contributed by atoms with Gasteiger partial charge in [-0.25, -0.2) is 0 Å². The molecule has 8 aromatic carbocycles. The number of benzene rings is 8. The molecule has 0 saturated carbocycles. The van der Waals surface area contributed by atoms with Crippen LogP contribution in [0.5, 0.6) is 0 Å². The summed E-state index contributed by atoms with van der Waals surface area (Å²) in [6.45, 7) is 0. The fourth-order valence-corrected chi connectivity index (χ4v) is 7.52. The molecule has 0 fully saturated rings. The molecular formula is C46H30N2O. The number of anilines is 3. The highest BCUT2D eigenvalue weighted by molar-refractivity contribution is 6.11. The number of fused-ring (bicyclic) bond motifs is 7. The molecule has 2 aromatic heterocycles. The maximum Gasteiger partial charge on any atom is 0.135 e. The van der Waals surface area contributed by atoms with Gasteiger partial charge in [-0.3, -0.25) is 0 Å². The van der Waals surface area contributed by atoms with Crippen molar-refractivity contribution in [3.63, 3.8) is 0 Å². The summed E-state index contributed by atoms with van der Waals surface area (Å²) in [5.41, 5.74) is 11.0. The predicted octanol–water partition coefficient (Wildman–Crippen LogP) is 13.0. The Balaban J connectivity index is 1.18. The second-order valence-corrected chi connectivity index (χ2v) is 12.6. The third-order valence-corrected chi connectivity index (χ3v) is 9.77. The van der Waals surface area contributed by atoms with Crippen LogP contribution in [0.2, 0.25) is 0 Å². The lowest BCUT2D eigenvalue weighted by Crippen LogP contribution is -2.10. The summed E-state index contributed by atoms with van der Waals surface area (Å²) in [5.74, 6) is 0. The van der Waals surface area contributed by atoms with Crippen LogP contribution >= 0.6 is 0 Å². The minimum Gasteiger partial charge on any atom is -0.456 e. The van der Waals surface area contributed by atoms with Gasteiger partial charge < -0.3 is 13.9 Å². The first-order valence-electron chi connectivity index (χ1n) is 16.7. The van der Waals surface area contributed by atoms with Gasteiger partial charge in [0, 0.05) is 44.3 Å². The molecule has 0 amide bonds. The minimum absolute atomic E-state index is 0.887. The summed E-state index contributed by atoms with van der Waals surface area (Å²) >= 11 is 0. The van der Waals surface area contributed by atoms with Gasteiger partial charge in [0.15, 0.2) is 0 Å². The average molecular weight is 627 g/mol. The maximum atomic E-state index is 6.23. The van der Waals surface area contributed by atoms with E-state index in [1.165, 1.54) is 43.7 Å². The molecule has 0 saturated heterocycles. The summed E-state index contributed by atoms with van der Waals surface area (Å²) < 4.78 is 8.59. The molecule has 0 aliphatic carbocycles. The number of aromatic nitrogens is 1. The second kappa shape index (κ2) is 11.0. The minimum atomic E-state index is 0.887. The highest BCUT2D eigenvalue weighted by atomic mass is 16.3. The highest BCUT2D eigenvalue weighted by Crippen LogP contribution is 2.42. The monoisotopic (exact) mass is 626 g/mol. The summed E-state index contributed by atoms with van der Waals surface area (Å²) in [6, 6.07) is 65.1. The molecular weight excluding hydrogens is 597 g/mol. The number of hydrogen-bond donors (Lipinski definition) is 0. The van der Waals surface area contributed by atoms with E-state index < -0.39 is 0 Å². The van der Waals surface area contributed by atoms with Crippen molar-refractivity contribution >= 4 is 71.6 Å². The zero-order valence-corrected chi connectivity index (χ0v) is 26.6. The first-order chi connectivity index (χ1) is 24.3. The standard InChI is InChI=1S/C46H30N2O/c1-2-13-33(14-3-1)48-43-19-8-6-16-39(43)41-29-35(25-27-44(41)48)47(36-26-28-46-42(30-36)40-17-7-9-20-45(40)49-46)34-23-21-32(22-24-34)38-18-10-12-31-11-4-5-15-37(31)38/h1-30H. The van der Waals surface area contributed by atoms with Gasteiger partial charge in [-0.2, -0.15) is 0 Å². The molecule has 0 N–H and O–H groups in total. The van der Waals surface area contributed by atoms with Gasteiger partial charge in [-0.1, -0.05) is 109 Å². The lowest BCUT2D eigenvalue weighted by atomic mass is 9.98. The van der Waals surface area contributed by atoms with Crippen LogP contribution < -0.4 is 4.90 Å². The molecule has 0 bridgehead atoms. The van der Waals surface area contributed by atoms with Crippen LogP contribution in [0, 0.1) is 0 Å². The van der Waals surface area contributed by atoms with Crippen molar-refractivity contribution in [1.82, 2.24) is 4.57 Å². The molecule has 10 rings (SSSR count). The van der Waals surface area contributed by atoms with E-state index in [4.69, 9.17) is 4.42 Å². The van der Waals surface area contributed by atoms with E-state index in [0.29, 0.717) is 0 Å². The van der Waals surface area contributed by atoms with Crippen LogP contribution in [0.25, 0.3) is 71.3 Å². The van der Waals surface area contributed by atoms with Crippen molar-refractivity contribution in [2.75, 3.05) is 4.90 Å². The molecule has 0 radical (unpaired) electrons. The predicted molar refractivity (Wildman–Crippen MR) is 206 cm³/mol. The summed E-state index contributed by atoms with van der Waals surface area (Å²) in [5, 5.41) is 7.16. The van der Waals surface area contributed by atoms with E-state index in [1.807, 2.05) is 12.1 Å². The lowest BCUT2D eigenvalue weighted by Gasteiger charge is -2.26. The van der Waals surface area contributed by atoms with Crippen LogP contribution in [0.3, 0.4) is 0 Å². The normalized spacial score (nSPS) is 11.7. The quantitative estimate of drug-likeness (QED) is 0.190. The summed E-state index contributed by atoms with van der Waals surface area (Å²) in [6.07, 6.45) is 0. The Morgan fingerprint density at radius 3 is 1.86 bits per heavy atom. The van der Waals surface area contributed by atoms with Crippen molar-refractivity contribution in [3.8, 4) is 16.8 Å². The average Bonchev–Trinajstić information content (AvgIpc) is 3.71. The number of para-hydroxylation sites is 3. The topological polar surface area (TPSA) is 21.3 Å². The molecule has 3 nitrogen and oxygen atoms in total. The zero-order valence-electron chi connectivity index (χ0n) is 26.6. The SMILES string of the molecule is c1ccc(-n2c3ccccc3c3cc(N(c4ccc(-c5cccc6ccccc56)cc4)c4ccc5oc6ccccc6c5c4)ccc32)cc1. The van der Waals surface area contributed by atoms with Crippen LogP contribution in [-0.4, -0.2) is 4.57 Å². The Bertz CT molecular complexity index is 2820. The first-order valence-corrected chi connectivity index (χ1v) is 16.7. The molecule has 0 unspecified atom stereocenters. The van der Waals surface area contributed by atoms with Crippen molar-refractivity contribution in [2.45, 2.75) is 0 Å². The van der Waals surface area contributed by atoms with Crippen LogP contribution in [0.4, 0.5) is 17.1 Å². The lowest BCUT2D eigenvalue weighted by molar-refractivity contribution is 0.669. The van der Waals surface area contributed by atoms with Gasteiger partial charge in [0.2, 0.25) is 0 Å². The molecule has 2 heterocycles. The molecule has 0 aliphatic heterocycles. The smallest absolute Gasteiger partial charge is 0.135 e. The first kappa shape index (κ1) is 27.5. The Kier molecular flexibility index (Phi) is 6.18. The molecule has 0 spiro atoms. The molecule has 10 aromatic rings. The van der Waals surface area contributed by atoms with E-state index in [0.717, 1.165) is 44.7 Å².